The molecule has 0 amide bonds. The van der Waals surface area contributed by atoms with Crippen molar-refractivity contribution in [3.63, 3.8) is 0 Å². The van der Waals surface area contributed by atoms with Gasteiger partial charge in [0.25, 0.3) is 0 Å². The van der Waals surface area contributed by atoms with Crippen LogP contribution in [0.1, 0.15) is 0 Å². The van der Waals surface area contributed by atoms with Crippen LogP contribution in [0.25, 0.3) is 0 Å². The molecule has 0 heterocycles. The molecule has 0 spiro atoms. The summed E-state index contributed by atoms with van der Waals surface area (Å²) in [6, 6.07) is 0. The summed E-state index contributed by atoms with van der Waals surface area (Å²) in [5, 5.41) is 7.36. The fourth-order valence-corrected chi connectivity index (χ4v) is 0. The Labute approximate surface area is 40.4 Å². The first kappa shape index (κ1) is 8.85. The summed E-state index contributed by atoms with van der Waals surface area (Å²) in [6.07, 6.45) is 0. The van der Waals surface area contributed by atoms with Crippen LogP contribution in [0.4, 0.5) is 0 Å². The molecule has 23 valence electrons. The molecule has 0 unspecified atom stereocenters. The molecule has 0 bridgehead atoms. The van der Waals surface area contributed by atoms with Crippen molar-refractivity contribution in [2.75, 3.05) is 0 Å². The first-order valence-corrected chi connectivity index (χ1v) is 0.862. The van der Waals surface area contributed by atoms with Gasteiger partial charge in [-0.15, -0.1) is 0 Å². The van der Waals surface area contributed by atoms with E-state index in [1.165, 1.54) is 0 Å². The van der Waals surface area contributed by atoms with E-state index < -0.39 is 0 Å². The van der Waals surface area contributed by atoms with Crippen molar-refractivity contribution in [1.82, 2.24) is 0 Å². The average Bonchev–Trinajstić information content (AvgIpc) is 0.918. The Hall–Kier alpha value is 0.319. The van der Waals surface area contributed by atoms with Crippen molar-refractivity contribution in [1.29, 1.82) is 5.41 Å². The van der Waals surface area contributed by atoms with Gasteiger partial charge in [0.2, 0.25) is 0 Å². The second-order valence-electron chi connectivity index (χ2n) is 0.102. The van der Waals surface area contributed by atoms with Gasteiger partial charge in [-0.3, -0.25) is 0 Å². The first-order chi connectivity index (χ1) is 1.41. The number of nitrogens with one attached hydrogen (secondary N) is 1. The molecule has 0 aromatic rings. The molecule has 0 aliphatic carbocycles. The van der Waals surface area contributed by atoms with Crippen LogP contribution >= 0.6 is 12.2 Å². The van der Waals surface area contributed by atoms with E-state index in [0.717, 1.165) is 0 Å². The van der Waals surface area contributed by atoms with Crippen LogP contribution in [0, 0.1) is 5.41 Å². The fourth-order valence-electron chi connectivity index (χ4n) is 0. The van der Waals surface area contributed by atoms with E-state index >= 15 is 0 Å². The van der Waals surface area contributed by atoms with Gasteiger partial charge in [-0.25, -0.2) is 5.41 Å². The summed E-state index contributed by atoms with van der Waals surface area (Å²) >= 11 is 3.81. The van der Waals surface area contributed by atoms with Crippen LogP contribution in [-0.2, 0) is 17.1 Å². The molecule has 0 saturated heterocycles. The predicted octanol–water partition coefficient (Wildman–Crippen LogP) is 0.665. The van der Waals surface area contributed by atoms with Gasteiger partial charge >= 0.3 is 0 Å². The van der Waals surface area contributed by atoms with Gasteiger partial charge in [-0.2, -0.15) is 0 Å². The van der Waals surface area contributed by atoms with Gasteiger partial charge in [0.15, 0.2) is 0 Å². The molecule has 1 radical (unpaired) electrons. The molecular weight excluding hydrogens is 113 g/mol. The Morgan fingerprint density at radius 1 is 1.75 bits per heavy atom. The Morgan fingerprint density at radius 2 is 1.75 bits per heavy atom. The third-order valence-corrected chi connectivity index (χ3v) is 0. The van der Waals surface area contributed by atoms with Crippen molar-refractivity contribution in [3.05, 3.63) is 0 Å². The summed E-state index contributed by atoms with van der Waals surface area (Å²) in [5.74, 6) is 0. The fraction of sp³-hybridized carbons (Fsp3) is 0. The smallest absolute Gasteiger partial charge is 0.0554 e. The molecule has 4 heavy (non-hydrogen) atoms. The van der Waals surface area contributed by atoms with Crippen LogP contribution in [0.5, 0.6) is 0 Å². The van der Waals surface area contributed by atoms with Gasteiger partial charge in [0.1, 0.15) is 0 Å². The largest absolute Gasteiger partial charge is 0.248 e. The second-order valence-corrected chi connectivity index (χ2v) is 0.306. The Kier molecular flexibility index (Phi) is 22.7. The van der Waals surface area contributed by atoms with E-state index in [-0.39, 0.29) is 17.1 Å². The third-order valence-electron chi connectivity index (χ3n) is 0. The Balaban J connectivity index is 0. The summed E-state index contributed by atoms with van der Waals surface area (Å²) in [4.78, 5) is 0. The number of rotatable bonds is 0. The topological polar surface area (TPSA) is 23.9 Å². The van der Waals surface area contributed by atoms with Gasteiger partial charge in [0, 0.05) is 17.1 Å². The monoisotopic (exact) mass is 114 g/mol. The van der Waals surface area contributed by atoms with E-state index in [2.05, 4.69) is 12.2 Å². The Bertz CT molecular complexity index is 29.0. The summed E-state index contributed by atoms with van der Waals surface area (Å²) in [5.41, 5.74) is 0. The van der Waals surface area contributed by atoms with Crippen LogP contribution in [0.3, 0.4) is 0 Å². The maximum atomic E-state index is 5.77. The van der Waals surface area contributed by atoms with Crippen molar-refractivity contribution in [2.24, 2.45) is 0 Å². The van der Waals surface area contributed by atoms with Crippen molar-refractivity contribution in [2.45, 2.75) is 0 Å². The van der Waals surface area contributed by atoms with Crippen LogP contribution < -0.4 is 0 Å². The van der Waals surface area contributed by atoms with Gasteiger partial charge in [0.05, 0.1) is 5.16 Å². The molecule has 0 fully saturated rings. The van der Waals surface area contributed by atoms with E-state index in [1.54, 1.807) is 5.16 Å². The number of thiocarbonyl (C=S) groups is 1. The van der Waals surface area contributed by atoms with Crippen LogP contribution in [-0.4, -0.2) is 5.16 Å². The summed E-state index contributed by atoms with van der Waals surface area (Å²) in [6.45, 7) is 0. The SMILES string of the molecule is N=C=S.[Mn]. The van der Waals surface area contributed by atoms with Crippen LogP contribution in [0.2, 0.25) is 0 Å². The number of hydrogen-bond donors (Lipinski definition) is 1. The maximum absolute atomic E-state index is 5.77. The standard InChI is InChI=1S/CHNS.Mn/c2-1-3;/h2H;. The molecule has 0 aliphatic rings. The number of hydrogen-bond acceptors (Lipinski definition) is 2. The van der Waals surface area contributed by atoms with E-state index in [0.29, 0.717) is 0 Å². The zero-order valence-electron chi connectivity index (χ0n) is 1.79. The van der Waals surface area contributed by atoms with Gasteiger partial charge in [-0.1, -0.05) is 0 Å². The zero-order chi connectivity index (χ0) is 2.71. The predicted molar refractivity (Wildman–Crippen MR) is 15.3 cm³/mol. The third kappa shape index (κ3) is 39.6. The minimum atomic E-state index is 0. The molecule has 0 aromatic heterocycles. The minimum Gasteiger partial charge on any atom is -0.248 e. The van der Waals surface area contributed by atoms with Crippen molar-refractivity contribution < 1.29 is 17.1 Å². The molecule has 1 nitrogen and oxygen atoms in total. The summed E-state index contributed by atoms with van der Waals surface area (Å²) < 4.78 is 0. The molecule has 0 aromatic carbocycles. The van der Waals surface area contributed by atoms with Crippen molar-refractivity contribution in [3.8, 4) is 0 Å². The molecule has 3 heteroatoms. The second kappa shape index (κ2) is 10.3. The van der Waals surface area contributed by atoms with E-state index in [1.807, 2.05) is 0 Å². The molecule has 1 N–H and O–H groups in total. The molecule has 0 aliphatic heterocycles. The van der Waals surface area contributed by atoms with E-state index in [9.17, 15) is 0 Å². The molecular formula is CHMnNS. The average molecular weight is 114 g/mol. The summed E-state index contributed by atoms with van der Waals surface area (Å²) in [7, 11) is 0. The number of isothiocyanates is 1. The normalized spacial score (nSPS) is 2.00. The van der Waals surface area contributed by atoms with Crippen molar-refractivity contribution >= 4 is 17.4 Å². The zero-order valence-corrected chi connectivity index (χ0v) is 3.78. The minimum absolute atomic E-state index is 0. The maximum Gasteiger partial charge on any atom is 0.0554 e. The molecule has 0 saturated carbocycles. The van der Waals surface area contributed by atoms with Gasteiger partial charge in [-0.05, 0) is 12.2 Å². The Morgan fingerprint density at radius 3 is 1.75 bits per heavy atom. The first-order valence-electron chi connectivity index (χ1n) is 0.454. The van der Waals surface area contributed by atoms with Gasteiger partial charge < -0.3 is 0 Å². The molecule has 0 atom stereocenters. The quantitative estimate of drug-likeness (QED) is 0.279. The molecule has 0 rings (SSSR count). The van der Waals surface area contributed by atoms with E-state index in [4.69, 9.17) is 5.41 Å². The van der Waals surface area contributed by atoms with Crippen LogP contribution in [0.15, 0.2) is 0 Å².